The molecule has 1 aromatic heterocycles. The number of rotatable bonds is 2. The Morgan fingerprint density at radius 2 is 1.95 bits per heavy atom. The molecule has 0 bridgehead atoms. The van der Waals surface area contributed by atoms with Crippen LogP contribution in [0.5, 0.6) is 0 Å². The molecule has 2 heterocycles. The molecular formula is C16H28N4O. The molecule has 1 fully saturated rings. The van der Waals surface area contributed by atoms with Crippen LogP contribution in [-0.4, -0.2) is 28.2 Å². The summed E-state index contributed by atoms with van der Waals surface area (Å²) in [5.74, 6) is 2.19. The predicted molar refractivity (Wildman–Crippen MR) is 86.6 cm³/mol. The number of nitrogens with one attached hydrogen (secondary N) is 1. The van der Waals surface area contributed by atoms with E-state index in [0.29, 0.717) is 11.9 Å². The molecule has 0 spiro atoms. The molecule has 21 heavy (non-hydrogen) atoms. The largest absolute Gasteiger partial charge is 0.383 e. The maximum absolute atomic E-state index is 6.06. The predicted octanol–water partition coefficient (Wildman–Crippen LogP) is 3.03. The molecule has 118 valence electrons. The van der Waals surface area contributed by atoms with Crippen molar-refractivity contribution < 1.29 is 4.74 Å². The molecule has 1 aliphatic rings. The Labute approximate surface area is 127 Å². The zero-order valence-corrected chi connectivity index (χ0v) is 14.1. The first-order chi connectivity index (χ1) is 9.58. The lowest BCUT2D eigenvalue weighted by Gasteiger charge is -2.36. The van der Waals surface area contributed by atoms with Crippen LogP contribution in [-0.2, 0) is 10.2 Å². The number of nitrogens with two attached hydrogens (primary N) is 1. The van der Waals surface area contributed by atoms with Crippen LogP contribution in [0.2, 0.25) is 0 Å². The zero-order valence-electron chi connectivity index (χ0n) is 14.1. The highest BCUT2D eigenvalue weighted by Crippen LogP contribution is 2.29. The van der Waals surface area contributed by atoms with Crippen LogP contribution in [0.25, 0.3) is 0 Å². The van der Waals surface area contributed by atoms with Gasteiger partial charge in [-0.15, -0.1) is 0 Å². The summed E-state index contributed by atoms with van der Waals surface area (Å²) in [6, 6.07) is 0.356. The van der Waals surface area contributed by atoms with Crippen molar-refractivity contribution in [3.8, 4) is 0 Å². The summed E-state index contributed by atoms with van der Waals surface area (Å²) < 4.78 is 5.77. The fraction of sp³-hybridized carbons (Fsp3) is 0.750. The van der Waals surface area contributed by atoms with Crippen LogP contribution in [0.3, 0.4) is 0 Å². The maximum Gasteiger partial charge on any atom is 0.138 e. The summed E-state index contributed by atoms with van der Waals surface area (Å²) >= 11 is 0. The third-order valence-corrected chi connectivity index (χ3v) is 3.89. The van der Waals surface area contributed by atoms with Gasteiger partial charge >= 0.3 is 0 Å². The number of nitrogen functional groups attached to an aromatic ring is 1. The van der Waals surface area contributed by atoms with E-state index in [0.717, 1.165) is 36.7 Å². The van der Waals surface area contributed by atoms with E-state index in [2.05, 4.69) is 44.9 Å². The zero-order chi connectivity index (χ0) is 15.8. The first kappa shape index (κ1) is 16.0. The van der Waals surface area contributed by atoms with Gasteiger partial charge in [-0.3, -0.25) is 0 Å². The van der Waals surface area contributed by atoms with Crippen molar-refractivity contribution in [1.29, 1.82) is 0 Å². The van der Waals surface area contributed by atoms with Gasteiger partial charge in [0, 0.05) is 23.6 Å². The summed E-state index contributed by atoms with van der Waals surface area (Å²) in [5.41, 5.74) is 6.78. The number of hydrogen-bond acceptors (Lipinski definition) is 5. The SMILES string of the molecule is Cc1c(N)nc(C(C)(C)C)nc1NC1CCOC(C)(C)C1. The summed E-state index contributed by atoms with van der Waals surface area (Å²) in [5, 5.41) is 3.55. The van der Waals surface area contributed by atoms with Crippen molar-refractivity contribution in [3.05, 3.63) is 11.4 Å². The lowest BCUT2D eigenvalue weighted by atomic mass is 9.93. The van der Waals surface area contributed by atoms with Gasteiger partial charge in [-0.1, -0.05) is 20.8 Å². The Morgan fingerprint density at radius 1 is 1.29 bits per heavy atom. The lowest BCUT2D eigenvalue weighted by Crippen LogP contribution is -2.40. The van der Waals surface area contributed by atoms with Crippen molar-refractivity contribution in [1.82, 2.24) is 9.97 Å². The highest BCUT2D eigenvalue weighted by Gasteiger charge is 2.30. The van der Waals surface area contributed by atoms with Crippen LogP contribution in [0.15, 0.2) is 0 Å². The Hall–Kier alpha value is -1.36. The second-order valence-corrected chi connectivity index (χ2v) is 7.60. The fourth-order valence-corrected chi connectivity index (χ4v) is 2.56. The Balaban J connectivity index is 2.25. The van der Waals surface area contributed by atoms with E-state index in [1.807, 2.05) is 6.92 Å². The van der Waals surface area contributed by atoms with Crippen LogP contribution in [0.1, 0.15) is 58.8 Å². The second kappa shape index (κ2) is 5.44. The van der Waals surface area contributed by atoms with Crippen molar-refractivity contribution >= 4 is 11.6 Å². The monoisotopic (exact) mass is 292 g/mol. The first-order valence-electron chi connectivity index (χ1n) is 7.63. The molecule has 0 saturated carbocycles. The van der Waals surface area contributed by atoms with Gasteiger partial charge < -0.3 is 15.8 Å². The standard InChI is InChI=1S/C16H28N4O/c1-10-12(17)19-14(15(2,3)4)20-13(10)18-11-7-8-21-16(5,6)9-11/h11H,7-9H2,1-6H3,(H3,17,18,19,20). The molecule has 3 N–H and O–H groups in total. The summed E-state index contributed by atoms with van der Waals surface area (Å²) in [6.07, 6.45) is 1.94. The number of hydrogen-bond donors (Lipinski definition) is 2. The maximum atomic E-state index is 6.06. The van der Waals surface area contributed by atoms with Crippen LogP contribution >= 0.6 is 0 Å². The highest BCUT2D eigenvalue weighted by molar-refractivity contribution is 5.55. The lowest BCUT2D eigenvalue weighted by molar-refractivity contribution is -0.0553. The van der Waals surface area contributed by atoms with Crippen LogP contribution in [0, 0.1) is 6.92 Å². The third-order valence-electron chi connectivity index (χ3n) is 3.89. The number of aromatic nitrogens is 2. The summed E-state index contributed by atoms with van der Waals surface area (Å²) in [6.45, 7) is 13.3. The Kier molecular flexibility index (Phi) is 4.15. The van der Waals surface area contributed by atoms with E-state index in [1.54, 1.807) is 0 Å². The van der Waals surface area contributed by atoms with Crippen molar-refractivity contribution in [2.45, 2.75) is 71.4 Å². The summed E-state index contributed by atoms with van der Waals surface area (Å²) in [7, 11) is 0. The number of nitrogens with zero attached hydrogens (tertiary/aromatic N) is 2. The molecule has 1 aliphatic heterocycles. The molecule has 1 unspecified atom stereocenters. The van der Waals surface area contributed by atoms with E-state index < -0.39 is 0 Å². The molecule has 1 aromatic rings. The molecule has 0 aliphatic carbocycles. The molecule has 5 heteroatoms. The molecule has 1 atom stereocenters. The topological polar surface area (TPSA) is 73.1 Å². The number of anilines is 2. The van der Waals surface area contributed by atoms with E-state index in [-0.39, 0.29) is 11.0 Å². The van der Waals surface area contributed by atoms with Crippen molar-refractivity contribution in [2.75, 3.05) is 17.7 Å². The quantitative estimate of drug-likeness (QED) is 0.876. The van der Waals surface area contributed by atoms with Gasteiger partial charge in [0.05, 0.1) is 5.60 Å². The van der Waals surface area contributed by atoms with Crippen LogP contribution < -0.4 is 11.1 Å². The Bertz CT molecular complexity index is 520. The minimum absolute atomic E-state index is 0.0880. The second-order valence-electron chi connectivity index (χ2n) is 7.60. The van der Waals surface area contributed by atoms with Crippen molar-refractivity contribution in [2.24, 2.45) is 0 Å². The third kappa shape index (κ3) is 3.84. The molecule has 1 saturated heterocycles. The normalized spacial score (nSPS) is 22.1. The molecule has 5 nitrogen and oxygen atoms in total. The van der Waals surface area contributed by atoms with Gasteiger partial charge in [0.25, 0.3) is 0 Å². The van der Waals surface area contributed by atoms with Gasteiger partial charge in [0.1, 0.15) is 17.5 Å². The van der Waals surface area contributed by atoms with Gasteiger partial charge in [0.15, 0.2) is 0 Å². The smallest absolute Gasteiger partial charge is 0.138 e. The number of ether oxygens (including phenoxy) is 1. The molecule has 2 rings (SSSR count). The molecular weight excluding hydrogens is 264 g/mol. The average molecular weight is 292 g/mol. The average Bonchev–Trinajstić information content (AvgIpc) is 2.32. The fourth-order valence-electron chi connectivity index (χ4n) is 2.56. The molecule has 0 radical (unpaired) electrons. The van der Waals surface area contributed by atoms with Gasteiger partial charge in [-0.05, 0) is 33.6 Å². The Morgan fingerprint density at radius 3 is 2.52 bits per heavy atom. The van der Waals surface area contributed by atoms with E-state index in [9.17, 15) is 0 Å². The van der Waals surface area contributed by atoms with Gasteiger partial charge in [-0.2, -0.15) is 0 Å². The van der Waals surface area contributed by atoms with E-state index in [1.165, 1.54) is 0 Å². The van der Waals surface area contributed by atoms with Gasteiger partial charge in [-0.25, -0.2) is 9.97 Å². The minimum Gasteiger partial charge on any atom is -0.383 e. The molecule has 0 aromatic carbocycles. The van der Waals surface area contributed by atoms with Gasteiger partial charge in [0.2, 0.25) is 0 Å². The first-order valence-corrected chi connectivity index (χ1v) is 7.63. The molecule has 0 amide bonds. The van der Waals surface area contributed by atoms with Crippen LogP contribution in [0.4, 0.5) is 11.6 Å². The highest BCUT2D eigenvalue weighted by atomic mass is 16.5. The van der Waals surface area contributed by atoms with E-state index >= 15 is 0 Å². The van der Waals surface area contributed by atoms with E-state index in [4.69, 9.17) is 15.5 Å². The van der Waals surface area contributed by atoms with Crippen molar-refractivity contribution in [3.63, 3.8) is 0 Å². The minimum atomic E-state index is -0.118. The summed E-state index contributed by atoms with van der Waals surface area (Å²) in [4.78, 5) is 9.13.